The van der Waals surface area contributed by atoms with Gasteiger partial charge in [0, 0.05) is 17.0 Å². The van der Waals surface area contributed by atoms with Crippen molar-refractivity contribution in [1.82, 2.24) is 5.32 Å². The van der Waals surface area contributed by atoms with E-state index in [1.165, 1.54) is 24.3 Å². The molecule has 0 aliphatic carbocycles. The molecule has 0 aromatic carbocycles. The second-order valence-corrected chi connectivity index (χ2v) is 4.64. The predicted octanol–water partition coefficient (Wildman–Crippen LogP) is 1.54. The molecule has 1 rings (SSSR count). The molecule has 0 radical (unpaired) electrons. The summed E-state index contributed by atoms with van der Waals surface area (Å²) in [5.74, 6) is -1.41. The first-order valence-electron chi connectivity index (χ1n) is 5.02. The molecule has 0 spiro atoms. The lowest BCUT2D eigenvalue weighted by Crippen LogP contribution is -2.33. The highest BCUT2D eigenvalue weighted by Gasteiger charge is 2.15. The highest BCUT2D eigenvalue weighted by molar-refractivity contribution is 7.12. The lowest BCUT2D eigenvalue weighted by molar-refractivity contribution is -0.137. The number of Topliss-reactive ketones (excluding diaryl/α,β-unsaturated/α-hetero) is 1. The Bertz CT molecular complexity index is 452. The van der Waals surface area contributed by atoms with Crippen LogP contribution in [0.25, 0.3) is 0 Å². The normalized spacial score (nSPS) is 11.9. The van der Waals surface area contributed by atoms with E-state index in [4.69, 9.17) is 5.11 Å². The molecule has 1 heterocycles. The van der Waals surface area contributed by atoms with E-state index in [1.807, 2.05) is 0 Å². The van der Waals surface area contributed by atoms with Gasteiger partial charge in [0.1, 0.15) is 0 Å². The minimum atomic E-state index is -0.964. The lowest BCUT2D eigenvalue weighted by Gasteiger charge is -2.09. The van der Waals surface area contributed by atoms with Crippen LogP contribution in [0.2, 0.25) is 0 Å². The van der Waals surface area contributed by atoms with Crippen molar-refractivity contribution in [3.63, 3.8) is 0 Å². The Kier molecular flexibility index (Phi) is 4.39. The Morgan fingerprint density at radius 2 is 2.12 bits per heavy atom. The van der Waals surface area contributed by atoms with E-state index < -0.39 is 12.0 Å². The fraction of sp³-hybridized carbons (Fsp3) is 0.364. The number of nitrogens with one attached hydrogen (secondary N) is 1. The maximum absolute atomic E-state index is 11.7. The monoisotopic (exact) mass is 255 g/mol. The van der Waals surface area contributed by atoms with Crippen LogP contribution in [0.1, 0.15) is 40.3 Å². The number of aliphatic carboxylic acids is 1. The average molecular weight is 255 g/mol. The first-order valence-corrected chi connectivity index (χ1v) is 5.90. The summed E-state index contributed by atoms with van der Waals surface area (Å²) < 4.78 is 0. The van der Waals surface area contributed by atoms with Gasteiger partial charge in [0.15, 0.2) is 5.78 Å². The molecule has 1 amide bonds. The van der Waals surface area contributed by atoms with Crippen LogP contribution in [-0.2, 0) is 4.79 Å². The average Bonchev–Trinajstić information content (AvgIpc) is 2.64. The minimum Gasteiger partial charge on any atom is -0.481 e. The molecule has 5 nitrogen and oxygen atoms in total. The maximum Gasteiger partial charge on any atom is 0.305 e. The number of hydrogen-bond acceptors (Lipinski definition) is 4. The van der Waals surface area contributed by atoms with Gasteiger partial charge < -0.3 is 10.4 Å². The van der Waals surface area contributed by atoms with Crippen molar-refractivity contribution >= 4 is 29.0 Å². The van der Waals surface area contributed by atoms with Crippen LogP contribution in [0.3, 0.4) is 0 Å². The SMILES string of the molecule is CC(=O)c1csc(C(=O)N[C@@H](C)CC(=O)O)c1. The highest BCUT2D eigenvalue weighted by Crippen LogP contribution is 2.15. The third-order valence-electron chi connectivity index (χ3n) is 2.09. The summed E-state index contributed by atoms with van der Waals surface area (Å²) in [7, 11) is 0. The fourth-order valence-electron chi connectivity index (χ4n) is 1.25. The van der Waals surface area contributed by atoms with Gasteiger partial charge in [0.25, 0.3) is 5.91 Å². The first kappa shape index (κ1) is 13.4. The molecule has 0 aliphatic rings. The molecule has 92 valence electrons. The van der Waals surface area contributed by atoms with Crippen LogP contribution in [0, 0.1) is 0 Å². The molecule has 2 N–H and O–H groups in total. The smallest absolute Gasteiger partial charge is 0.305 e. The molecule has 0 saturated heterocycles. The van der Waals surface area contributed by atoms with E-state index in [0.29, 0.717) is 10.4 Å². The number of carbonyl (C=O) groups excluding carboxylic acids is 2. The summed E-state index contributed by atoms with van der Waals surface area (Å²) in [6.07, 6.45) is -0.128. The number of rotatable bonds is 5. The zero-order chi connectivity index (χ0) is 13.0. The Balaban J connectivity index is 2.63. The Morgan fingerprint density at radius 3 is 2.59 bits per heavy atom. The summed E-state index contributed by atoms with van der Waals surface area (Å²) in [6, 6.07) is 1.07. The second kappa shape index (κ2) is 5.58. The summed E-state index contributed by atoms with van der Waals surface area (Å²) in [4.78, 5) is 33.6. The van der Waals surface area contributed by atoms with E-state index in [0.717, 1.165) is 0 Å². The Morgan fingerprint density at radius 1 is 1.47 bits per heavy atom. The molecule has 1 atom stereocenters. The van der Waals surface area contributed by atoms with Crippen molar-refractivity contribution < 1.29 is 19.5 Å². The standard InChI is InChI=1S/C11H13NO4S/c1-6(3-10(14)15)12-11(16)9-4-8(5-17-9)7(2)13/h4-6H,3H2,1-2H3,(H,12,16)(H,14,15)/t6-/m0/s1. The second-order valence-electron chi connectivity index (χ2n) is 3.73. The van der Waals surface area contributed by atoms with Gasteiger partial charge in [-0.3, -0.25) is 14.4 Å². The lowest BCUT2D eigenvalue weighted by atomic mass is 10.2. The zero-order valence-electron chi connectivity index (χ0n) is 9.52. The first-order chi connectivity index (χ1) is 7.90. The van der Waals surface area contributed by atoms with Crippen molar-refractivity contribution in [2.24, 2.45) is 0 Å². The van der Waals surface area contributed by atoms with Gasteiger partial charge in [0.05, 0.1) is 11.3 Å². The summed E-state index contributed by atoms with van der Waals surface area (Å²) in [6.45, 7) is 3.04. The molecule has 0 bridgehead atoms. The van der Waals surface area contributed by atoms with Crippen molar-refractivity contribution in [2.75, 3.05) is 0 Å². The van der Waals surface area contributed by atoms with Gasteiger partial charge in [-0.2, -0.15) is 0 Å². The molecule has 1 aromatic rings. The van der Waals surface area contributed by atoms with Crippen molar-refractivity contribution in [1.29, 1.82) is 0 Å². The number of ketones is 1. The van der Waals surface area contributed by atoms with Gasteiger partial charge in [-0.1, -0.05) is 0 Å². The summed E-state index contributed by atoms with van der Waals surface area (Å²) >= 11 is 1.17. The van der Waals surface area contributed by atoms with Gasteiger partial charge in [-0.25, -0.2) is 0 Å². The predicted molar refractivity (Wildman–Crippen MR) is 63.5 cm³/mol. The number of carbonyl (C=O) groups is 3. The third-order valence-corrected chi connectivity index (χ3v) is 3.02. The molecular weight excluding hydrogens is 242 g/mol. The quantitative estimate of drug-likeness (QED) is 0.782. The third kappa shape index (κ3) is 3.99. The van der Waals surface area contributed by atoms with Crippen LogP contribution in [0.5, 0.6) is 0 Å². The molecule has 6 heteroatoms. The zero-order valence-corrected chi connectivity index (χ0v) is 10.3. The van der Waals surface area contributed by atoms with Gasteiger partial charge >= 0.3 is 5.97 Å². The van der Waals surface area contributed by atoms with E-state index in [1.54, 1.807) is 12.3 Å². The molecule has 17 heavy (non-hydrogen) atoms. The number of hydrogen-bond donors (Lipinski definition) is 2. The number of thiophene rings is 1. The number of amides is 1. The minimum absolute atomic E-state index is 0.0983. The molecule has 0 saturated carbocycles. The van der Waals surface area contributed by atoms with Crippen molar-refractivity contribution in [3.8, 4) is 0 Å². The summed E-state index contributed by atoms with van der Waals surface area (Å²) in [5.41, 5.74) is 0.492. The highest BCUT2D eigenvalue weighted by atomic mass is 32.1. The van der Waals surface area contributed by atoms with Crippen LogP contribution in [0.4, 0.5) is 0 Å². The topological polar surface area (TPSA) is 83.5 Å². The molecule has 0 aliphatic heterocycles. The molecule has 0 unspecified atom stereocenters. The van der Waals surface area contributed by atoms with Crippen LogP contribution in [0.15, 0.2) is 11.4 Å². The Hall–Kier alpha value is -1.69. The Labute approximate surface area is 102 Å². The van der Waals surface area contributed by atoms with Gasteiger partial charge in [-0.15, -0.1) is 11.3 Å². The van der Waals surface area contributed by atoms with Gasteiger partial charge in [0.2, 0.25) is 0 Å². The van der Waals surface area contributed by atoms with E-state index in [2.05, 4.69) is 5.32 Å². The fourth-order valence-corrected chi connectivity index (χ4v) is 2.10. The van der Waals surface area contributed by atoms with Crippen LogP contribution < -0.4 is 5.32 Å². The molecule has 0 fully saturated rings. The number of carboxylic acid groups (broad SMARTS) is 1. The molecular formula is C11H13NO4S. The van der Waals surface area contributed by atoms with Crippen molar-refractivity contribution in [3.05, 3.63) is 21.9 Å². The molecule has 1 aromatic heterocycles. The van der Waals surface area contributed by atoms with E-state index in [-0.39, 0.29) is 18.1 Å². The van der Waals surface area contributed by atoms with Crippen LogP contribution >= 0.6 is 11.3 Å². The largest absolute Gasteiger partial charge is 0.481 e. The van der Waals surface area contributed by atoms with Crippen molar-refractivity contribution in [2.45, 2.75) is 26.3 Å². The number of carboxylic acids is 1. The summed E-state index contributed by atoms with van der Waals surface area (Å²) in [5, 5.41) is 12.7. The van der Waals surface area contributed by atoms with Gasteiger partial charge in [-0.05, 0) is 19.9 Å². The van der Waals surface area contributed by atoms with Crippen LogP contribution in [-0.4, -0.2) is 28.8 Å². The van der Waals surface area contributed by atoms with E-state index in [9.17, 15) is 14.4 Å². The van der Waals surface area contributed by atoms with E-state index >= 15 is 0 Å². The maximum atomic E-state index is 11.7.